The molecule has 0 saturated heterocycles. The van der Waals surface area contributed by atoms with Crippen molar-refractivity contribution in [3.8, 4) is 0 Å². The molecule has 0 aliphatic heterocycles. The van der Waals surface area contributed by atoms with Gasteiger partial charge in [-0.2, -0.15) is 0 Å². The van der Waals surface area contributed by atoms with Gasteiger partial charge in [-0.05, 0) is 74.6 Å². The predicted molar refractivity (Wildman–Crippen MR) is 92.4 cm³/mol. The molecular formula is C18H20N2O2S. The largest absolute Gasteiger partial charge is 0.270 e. The summed E-state index contributed by atoms with van der Waals surface area (Å²) in [7, 11) is -3.69. The molecular weight excluding hydrogens is 308 g/mol. The fourth-order valence-corrected chi connectivity index (χ4v) is 4.94. The third-order valence-corrected chi connectivity index (χ3v) is 6.81. The molecule has 0 atom stereocenters. The van der Waals surface area contributed by atoms with E-state index in [0.717, 1.165) is 27.8 Å². The number of rotatable bonds is 2. The van der Waals surface area contributed by atoms with Crippen LogP contribution in [0.15, 0.2) is 35.5 Å². The van der Waals surface area contributed by atoms with Crippen molar-refractivity contribution in [2.75, 3.05) is 0 Å². The first-order valence-electron chi connectivity index (χ1n) is 7.51. The Kier molecular flexibility index (Phi) is 3.56. The molecule has 0 unspecified atom stereocenters. The SMILES string of the molecule is Cc1c(C)c(C)c(S(=O)(=O)n2cnc3ccccc32)c(C)c1C. The minimum Gasteiger partial charge on any atom is -0.236 e. The van der Waals surface area contributed by atoms with E-state index in [1.54, 1.807) is 6.07 Å². The zero-order chi connectivity index (χ0) is 16.9. The number of nitrogens with zero attached hydrogens (tertiary/aromatic N) is 2. The first-order valence-corrected chi connectivity index (χ1v) is 8.95. The van der Waals surface area contributed by atoms with Crippen molar-refractivity contribution in [3.05, 3.63) is 58.4 Å². The number of hydrogen-bond acceptors (Lipinski definition) is 3. The molecule has 3 aromatic rings. The van der Waals surface area contributed by atoms with Crippen LogP contribution in [0.5, 0.6) is 0 Å². The molecule has 0 spiro atoms. The summed E-state index contributed by atoms with van der Waals surface area (Å²) in [4.78, 5) is 4.61. The lowest BCUT2D eigenvalue weighted by Crippen LogP contribution is -2.17. The van der Waals surface area contributed by atoms with Crippen molar-refractivity contribution in [1.82, 2.24) is 8.96 Å². The van der Waals surface area contributed by atoms with Crippen molar-refractivity contribution < 1.29 is 8.42 Å². The maximum atomic E-state index is 13.3. The van der Waals surface area contributed by atoms with E-state index in [2.05, 4.69) is 4.98 Å². The number of benzene rings is 2. The summed E-state index contributed by atoms with van der Waals surface area (Å²) in [5, 5.41) is 0. The maximum absolute atomic E-state index is 13.3. The van der Waals surface area contributed by atoms with E-state index in [-0.39, 0.29) is 0 Å². The summed E-state index contributed by atoms with van der Waals surface area (Å²) in [5.74, 6) is 0. The first kappa shape index (κ1) is 15.7. The number of hydrogen-bond donors (Lipinski definition) is 0. The molecule has 0 aliphatic carbocycles. The number of aromatic nitrogens is 2. The maximum Gasteiger partial charge on any atom is 0.270 e. The summed E-state index contributed by atoms with van der Waals surface area (Å²) in [6.45, 7) is 9.74. The smallest absolute Gasteiger partial charge is 0.236 e. The summed E-state index contributed by atoms with van der Waals surface area (Å²) in [5.41, 5.74) is 6.09. The fraction of sp³-hybridized carbons (Fsp3) is 0.278. The monoisotopic (exact) mass is 328 g/mol. The van der Waals surface area contributed by atoms with Crippen molar-refractivity contribution in [2.24, 2.45) is 0 Å². The van der Waals surface area contributed by atoms with Crippen LogP contribution in [0.2, 0.25) is 0 Å². The lowest BCUT2D eigenvalue weighted by atomic mass is 9.95. The topological polar surface area (TPSA) is 52.0 Å². The molecule has 0 aliphatic rings. The number of imidazole rings is 1. The van der Waals surface area contributed by atoms with Gasteiger partial charge in [0.25, 0.3) is 10.0 Å². The van der Waals surface area contributed by atoms with Gasteiger partial charge >= 0.3 is 0 Å². The fourth-order valence-electron chi connectivity index (χ4n) is 3.08. The van der Waals surface area contributed by atoms with Gasteiger partial charge in [-0.1, -0.05) is 12.1 Å². The van der Waals surface area contributed by atoms with Crippen LogP contribution in [0.4, 0.5) is 0 Å². The van der Waals surface area contributed by atoms with Gasteiger partial charge in [-0.25, -0.2) is 17.4 Å². The summed E-state index contributed by atoms with van der Waals surface area (Å²) >= 11 is 0. The van der Waals surface area contributed by atoms with Gasteiger partial charge in [0, 0.05) is 0 Å². The lowest BCUT2D eigenvalue weighted by molar-refractivity contribution is 0.587. The zero-order valence-corrected chi connectivity index (χ0v) is 14.8. The Bertz CT molecular complexity index is 1000. The normalized spacial score (nSPS) is 12.0. The Morgan fingerprint density at radius 2 is 1.35 bits per heavy atom. The van der Waals surface area contributed by atoms with Crippen LogP contribution in [0.25, 0.3) is 11.0 Å². The summed E-state index contributed by atoms with van der Waals surface area (Å²) in [6, 6.07) is 7.26. The third-order valence-electron chi connectivity index (χ3n) is 4.87. The van der Waals surface area contributed by atoms with Crippen LogP contribution >= 0.6 is 0 Å². The van der Waals surface area contributed by atoms with Crippen molar-refractivity contribution in [1.29, 1.82) is 0 Å². The molecule has 0 N–H and O–H groups in total. The molecule has 0 fully saturated rings. The number of para-hydroxylation sites is 2. The van der Waals surface area contributed by atoms with E-state index in [1.165, 1.54) is 10.3 Å². The molecule has 0 bridgehead atoms. The molecule has 5 heteroatoms. The van der Waals surface area contributed by atoms with Gasteiger partial charge in [0.1, 0.15) is 6.33 Å². The van der Waals surface area contributed by atoms with Crippen LogP contribution in [0.1, 0.15) is 27.8 Å². The predicted octanol–water partition coefficient (Wildman–Crippen LogP) is 3.82. The van der Waals surface area contributed by atoms with Gasteiger partial charge in [0.2, 0.25) is 0 Å². The van der Waals surface area contributed by atoms with Crippen LogP contribution in [0, 0.1) is 34.6 Å². The highest BCUT2D eigenvalue weighted by Crippen LogP contribution is 2.31. The second kappa shape index (κ2) is 5.20. The highest BCUT2D eigenvalue weighted by molar-refractivity contribution is 7.90. The van der Waals surface area contributed by atoms with Gasteiger partial charge in [0.15, 0.2) is 0 Å². The number of fused-ring (bicyclic) bond motifs is 1. The second-order valence-electron chi connectivity index (χ2n) is 5.99. The van der Waals surface area contributed by atoms with Gasteiger partial charge in [0.05, 0.1) is 15.9 Å². The van der Waals surface area contributed by atoms with Crippen LogP contribution < -0.4 is 0 Å². The van der Waals surface area contributed by atoms with Crippen molar-refractivity contribution in [3.63, 3.8) is 0 Å². The molecule has 0 radical (unpaired) electrons. The van der Waals surface area contributed by atoms with Crippen LogP contribution in [-0.4, -0.2) is 17.4 Å². The molecule has 4 nitrogen and oxygen atoms in total. The third kappa shape index (κ3) is 2.18. The first-order chi connectivity index (χ1) is 10.8. The zero-order valence-electron chi connectivity index (χ0n) is 14.0. The van der Waals surface area contributed by atoms with E-state index in [4.69, 9.17) is 0 Å². The minimum absolute atomic E-state index is 0.390. The molecule has 120 valence electrons. The Labute approximate surface area is 136 Å². The quantitative estimate of drug-likeness (QED) is 0.718. The Morgan fingerprint density at radius 3 is 1.96 bits per heavy atom. The second-order valence-corrected chi connectivity index (χ2v) is 7.74. The van der Waals surface area contributed by atoms with E-state index in [0.29, 0.717) is 15.9 Å². The highest BCUT2D eigenvalue weighted by Gasteiger charge is 2.26. The lowest BCUT2D eigenvalue weighted by Gasteiger charge is -2.19. The van der Waals surface area contributed by atoms with Gasteiger partial charge < -0.3 is 0 Å². The molecule has 3 rings (SSSR count). The Morgan fingerprint density at radius 1 is 0.826 bits per heavy atom. The molecule has 0 amide bonds. The van der Waals surface area contributed by atoms with E-state index < -0.39 is 10.0 Å². The van der Waals surface area contributed by atoms with Crippen LogP contribution in [0.3, 0.4) is 0 Å². The average Bonchev–Trinajstić information content (AvgIpc) is 2.96. The van der Waals surface area contributed by atoms with Crippen molar-refractivity contribution >= 4 is 21.1 Å². The molecule has 2 aromatic carbocycles. The Hall–Kier alpha value is -2.14. The molecule has 0 saturated carbocycles. The van der Waals surface area contributed by atoms with Crippen LogP contribution in [-0.2, 0) is 10.0 Å². The standard InChI is InChI=1S/C18H20N2O2S/c1-11-12(2)14(4)18(15(5)13(11)3)23(21,22)20-10-19-16-8-6-7-9-17(16)20/h6-10H,1-5H3. The Balaban J connectivity index is 2.38. The molecule has 1 heterocycles. The van der Waals surface area contributed by atoms with Gasteiger partial charge in [-0.3, -0.25) is 0 Å². The van der Waals surface area contributed by atoms with E-state index in [1.807, 2.05) is 52.8 Å². The molecule has 23 heavy (non-hydrogen) atoms. The summed E-state index contributed by atoms with van der Waals surface area (Å²) in [6.07, 6.45) is 1.39. The van der Waals surface area contributed by atoms with Crippen molar-refractivity contribution in [2.45, 2.75) is 39.5 Å². The highest BCUT2D eigenvalue weighted by atomic mass is 32.2. The van der Waals surface area contributed by atoms with E-state index in [9.17, 15) is 8.42 Å². The van der Waals surface area contributed by atoms with E-state index >= 15 is 0 Å². The summed E-state index contributed by atoms with van der Waals surface area (Å²) < 4.78 is 27.9. The minimum atomic E-state index is -3.69. The average molecular weight is 328 g/mol. The van der Waals surface area contributed by atoms with Gasteiger partial charge in [-0.15, -0.1) is 0 Å². The molecule has 1 aromatic heterocycles.